The van der Waals surface area contributed by atoms with E-state index in [-0.39, 0.29) is 6.61 Å². The van der Waals surface area contributed by atoms with Gasteiger partial charge < -0.3 is 10.4 Å². The summed E-state index contributed by atoms with van der Waals surface area (Å²) in [5, 5.41) is 12.5. The Morgan fingerprint density at radius 2 is 1.58 bits per heavy atom. The lowest BCUT2D eigenvalue weighted by Gasteiger charge is -2.31. The Balaban J connectivity index is 4.23. The fraction of sp³-hybridized carbons (Fsp3) is 1.00. The molecule has 0 saturated heterocycles. The maximum absolute atomic E-state index is 9.21. The van der Waals surface area contributed by atoms with Gasteiger partial charge in [0.15, 0.2) is 0 Å². The Morgan fingerprint density at radius 1 is 1.08 bits per heavy atom. The summed E-state index contributed by atoms with van der Waals surface area (Å²) in [6.07, 6.45) is 0. The Kier molecular flexibility index (Phi) is 5.51. The highest BCUT2D eigenvalue weighted by Gasteiger charge is 2.24. The predicted molar refractivity (Wildman–Crippen MR) is 53.1 cm³/mol. The van der Waals surface area contributed by atoms with Crippen LogP contribution in [-0.2, 0) is 0 Å². The molecule has 0 aromatic rings. The zero-order valence-corrected chi connectivity index (χ0v) is 8.96. The van der Waals surface area contributed by atoms with Crippen LogP contribution in [0.3, 0.4) is 0 Å². The Morgan fingerprint density at radius 3 is 1.67 bits per heavy atom. The quantitative estimate of drug-likeness (QED) is 0.660. The maximum Gasteiger partial charge on any atom is 0.0476 e. The van der Waals surface area contributed by atoms with Gasteiger partial charge >= 0.3 is 0 Å². The van der Waals surface area contributed by atoms with Crippen molar-refractivity contribution >= 4 is 0 Å². The lowest BCUT2D eigenvalue weighted by atomic mass is 9.83. The molecule has 0 heterocycles. The van der Waals surface area contributed by atoms with Gasteiger partial charge in [-0.15, -0.1) is 0 Å². The van der Waals surface area contributed by atoms with Crippen LogP contribution in [0, 0.1) is 17.8 Å². The van der Waals surface area contributed by atoms with Crippen molar-refractivity contribution in [2.24, 2.45) is 17.8 Å². The lowest BCUT2D eigenvalue weighted by Crippen LogP contribution is -2.42. The number of rotatable bonds is 5. The SMILES string of the molecule is CNC(C(C)C)C(CO)C(C)C. The van der Waals surface area contributed by atoms with Crippen molar-refractivity contribution in [1.29, 1.82) is 0 Å². The molecule has 2 atom stereocenters. The molecule has 12 heavy (non-hydrogen) atoms. The molecule has 0 amide bonds. The van der Waals surface area contributed by atoms with Crippen molar-refractivity contribution in [1.82, 2.24) is 5.32 Å². The normalized spacial score (nSPS) is 17.0. The average molecular weight is 173 g/mol. The maximum atomic E-state index is 9.21. The van der Waals surface area contributed by atoms with E-state index in [0.717, 1.165) is 0 Å². The van der Waals surface area contributed by atoms with E-state index < -0.39 is 0 Å². The second-order valence-corrected chi connectivity index (χ2v) is 4.15. The van der Waals surface area contributed by atoms with Crippen molar-refractivity contribution in [2.45, 2.75) is 33.7 Å². The number of aliphatic hydroxyl groups is 1. The zero-order chi connectivity index (χ0) is 9.72. The van der Waals surface area contributed by atoms with E-state index in [1.165, 1.54) is 0 Å². The first-order valence-corrected chi connectivity index (χ1v) is 4.82. The predicted octanol–water partition coefficient (Wildman–Crippen LogP) is 1.49. The highest BCUT2D eigenvalue weighted by molar-refractivity contribution is 4.79. The molecule has 0 fully saturated rings. The number of aliphatic hydroxyl groups excluding tert-OH is 1. The topological polar surface area (TPSA) is 32.3 Å². The highest BCUT2D eigenvalue weighted by atomic mass is 16.3. The van der Waals surface area contributed by atoms with Crippen molar-refractivity contribution in [3.63, 3.8) is 0 Å². The fourth-order valence-electron chi connectivity index (χ4n) is 1.78. The molecule has 2 nitrogen and oxygen atoms in total. The minimum absolute atomic E-state index is 0.279. The van der Waals surface area contributed by atoms with Gasteiger partial charge in [-0.05, 0) is 24.8 Å². The van der Waals surface area contributed by atoms with Crippen LogP contribution in [0.4, 0.5) is 0 Å². The van der Waals surface area contributed by atoms with E-state index in [4.69, 9.17) is 0 Å². The van der Waals surface area contributed by atoms with Gasteiger partial charge in [-0.1, -0.05) is 27.7 Å². The van der Waals surface area contributed by atoms with Crippen LogP contribution in [0.15, 0.2) is 0 Å². The van der Waals surface area contributed by atoms with E-state index in [1.807, 2.05) is 7.05 Å². The number of nitrogens with one attached hydrogen (secondary N) is 1. The average Bonchev–Trinajstić information content (AvgIpc) is 1.98. The van der Waals surface area contributed by atoms with Crippen LogP contribution in [0.25, 0.3) is 0 Å². The summed E-state index contributed by atoms with van der Waals surface area (Å²) in [5.41, 5.74) is 0. The van der Waals surface area contributed by atoms with Gasteiger partial charge in [0.1, 0.15) is 0 Å². The van der Waals surface area contributed by atoms with Gasteiger partial charge in [-0.25, -0.2) is 0 Å². The lowest BCUT2D eigenvalue weighted by molar-refractivity contribution is 0.133. The second kappa shape index (κ2) is 5.55. The molecule has 0 rings (SSSR count). The van der Waals surface area contributed by atoms with Crippen molar-refractivity contribution in [2.75, 3.05) is 13.7 Å². The van der Waals surface area contributed by atoms with Gasteiger partial charge in [0.2, 0.25) is 0 Å². The summed E-state index contributed by atoms with van der Waals surface area (Å²) in [6, 6.07) is 0.426. The molecule has 0 aliphatic heterocycles. The molecule has 74 valence electrons. The summed E-state index contributed by atoms with van der Waals surface area (Å²) >= 11 is 0. The Labute approximate surface area is 76.4 Å². The van der Waals surface area contributed by atoms with E-state index >= 15 is 0 Å². The number of hydrogen-bond acceptors (Lipinski definition) is 2. The van der Waals surface area contributed by atoms with Gasteiger partial charge in [-0.3, -0.25) is 0 Å². The minimum Gasteiger partial charge on any atom is -0.396 e. The van der Waals surface area contributed by atoms with Crippen molar-refractivity contribution in [3.8, 4) is 0 Å². The molecular formula is C10H23NO. The zero-order valence-electron chi connectivity index (χ0n) is 8.96. The third kappa shape index (κ3) is 3.11. The molecule has 0 saturated carbocycles. The van der Waals surface area contributed by atoms with Gasteiger partial charge in [0, 0.05) is 12.6 Å². The molecule has 0 spiro atoms. The molecule has 2 heteroatoms. The number of hydrogen-bond donors (Lipinski definition) is 2. The molecule has 0 aromatic heterocycles. The first kappa shape index (κ1) is 11.9. The fourth-order valence-corrected chi connectivity index (χ4v) is 1.78. The summed E-state index contributed by atoms with van der Waals surface area (Å²) < 4.78 is 0. The van der Waals surface area contributed by atoms with Crippen LogP contribution < -0.4 is 5.32 Å². The molecule has 0 aliphatic carbocycles. The Hall–Kier alpha value is -0.0800. The van der Waals surface area contributed by atoms with Crippen LogP contribution in [0.5, 0.6) is 0 Å². The van der Waals surface area contributed by atoms with Gasteiger partial charge in [0.05, 0.1) is 0 Å². The van der Waals surface area contributed by atoms with Crippen LogP contribution in [0.1, 0.15) is 27.7 Å². The third-order valence-corrected chi connectivity index (χ3v) is 2.58. The first-order chi connectivity index (χ1) is 5.54. The standard InChI is InChI=1S/C10H23NO/c1-7(2)9(6-12)10(11-5)8(3)4/h7-12H,6H2,1-5H3. The smallest absolute Gasteiger partial charge is 0.0476 e. The van der Waals surface area contributed by atoms with E-state index in [1.54, 1.807) is 0 Å². The third-order valence-electron chi connectivity index (χ3n) is 2.58. The summed E-state index contributed by atoms with van der Waals surface area (Å²) in [6.45, 7) is 8.97. The molecule has 2 unspecified atom stereocenters. The van der Waals surface area contributed by atoms with Crippen LogP contribution in [-0.4, -0.2) is 24.8 Å². The second-order valence-electron chi connectivity index (χ2n) is 4.15. The van der Waals surface area contributed by atoms with E-state index in [2.05, 4.69) is 33.0 Å². The molecule has 0 bridgehead atoms. The van der Waals surface area contributed by atoms with E-state index in [9.17, 15) is 5.11 Å². The summed E-state index contributed by atoms with van der Waals surface area (Å²) in [5.74, 6) is 1.49. The van der Waals surface area contributed by atoms with Crippen LogP contribution >= 0.6 is 0 Å². The van der Waals surface area contributed by atoms with Crippen molar-refractivity contribution < 1.29 is 5.11 Å². The minimum atomic E-state index is 0.279. The molecular weight excluding hydrogens is 150 g/mol. The summed E-state index contributed by atoms with van der Waals surface area (Å²) in [4.78, 5) is 0. The Bertz CT molecular complexity index is 98.4. The summed E-state index contributed by atoms with van der Waals surface area (Å²) in [7, 11) is 1.97. The van der Waals surface area contributed by atoms with Gasteiger partial charge in [-0.2, -0.15) is 0 Å². The molecule has 0 aromatic carbocycles. The van der Waals surface area contributed by atoms with E-state index in [0.29, 0.717) is 23.8 Å². The van der Waals surface area contributed by atoms with Crippen molar-refractivity contribution in [3.05, 3.63) is 0 Å². The largest absolute Gasteiger partial charge is 0.396 e. The molecule has 0 aliphatic rings. The molecule has 2 N–H and O–H groups in total. The first-order valence-electron chi connectivity index (χ1n) is 4.82. The van der Waals surface area contributed by atoms with Crippen LogP contribution in [0.2, 0.25) is 0 Å². The van der Waals surface area contributed by atoms with Gasteiger partial charge in [0.25, 0.3) is 0 Å². The highest BCUT2D eigenvalue weighted by Crippen LogP contribution is 2.19. The molecule has 0 radical (unpaired) electrons. The monoisotopic (exact) mass is 173 g/mol.